The Morgan fingerprint density at radius 2 is 1.83 bits per heavy atom. The second-order valence-corrected chi connectivity index (χ2v) is 4.44. The van der Waals surface area contributed by atoms with Gasteiger partial charge in [-0.15, -0.1) is 0 Å². The first kappa shape index (κ1) is 12.9. The smallest absolute Gasteiger partial charge is 0.205 e. The third-order valence-electron chi connectivity index (χ3n) is 2.36. The average Bonchev–Trinajstić information content (AvgIpc) is 2.86. The van der Waals surface area contributed by atoms with Crippen molar-refractivity contribution in [2.45, 2.75) is 6.42 Å². The number of ketones is 2. The van der Waals surface area contributed by atoms with Crippen molar-refractivity contribution in [3.63, 3.8) is 0 Å². The lowest BCUT2D eigenvalue weighted by Crippen LogP contribution is -2.07. The predicted molar refractivity (Wildman–Crippen MR) is 68.4 cm³/mol. The molecule has 2 aromatic rings. The van der Waals surface area contributed by atoms with E-state index in [1.165, 1.54) is 30.5 Å². The van der Waals surface area contributed by atoms with Gasteiger partial charge >= 0.3 is 0 Å². The molecule has 0 radical (unpaired) electrons. The van der Waals surface area contributed by atoms with E-state index in [0.717, 1.165) is 0 Å². The van der Waals surface area contributed by atoms with Crippen LogP contribution in [0.15, 0.2) is 41.0 Å². The maximum Gasteiger partial charge on any atom is 0.205 e. The van der Waals surface area contributed by atoms with Crippen LogP contribution in [0.1, 0.15) is 27.3 Å². The minimum absolute atomic E-state index is 0.170. The molecule has 5 heteroatoms. The maximum atomic E-state index is 11.8. The van der Waals surface area contributed by atoms with Gasteiger partial charge in [-0.05, 0) is 30.3 Å². The molecule has 0 amide bonds. The van der Waals surface area contributed by atoms with E-state index in [0.29, 0.717) is 10.6 Å². The SMILES string of the molecule is O=C(CC(=O)c1ccco1)c1ccc(Cl)c(Cl)c1. The van der Waals surface area contributed by atoms with Gasteiger partial charge in [-0.3, -0.25) is 9.59 Å². The quantitative estimate of drug-likeness (QED) is 0.628. The summed E-state index contributed by atoms with van der Waals surface area (Å²) in [6.45, 7) is 0. The Morgan fingerprint density at radius 3 is 2.44 bits per heavy atom. The highest BCUT2D eigenvalue weighted by Gasteiger charge is 2.16. The van der Waals surface area contributed by atoms with E-state index in [2.05, 4.69) is 0 Å². The molecule has 1 aromatic heterocycles. The van der Waals surface area contributed by atoms with E-state index in [1.54, 1.807) is 6.07 Å². The Morgan fingerprint density at radius 1 is 1.06 bits per heavy atom. The molecule has 0 N–H and O–H groups in total. The summed E-state index contributed by atoms with van der Waals surface area (Å²) in [5, 5.41) is 0.651. The highest BCUT2D eigenvalue weighted by molar-refractivity contribution is 6.42. The number of carbonyl (C=O) groups is 2. The Kier molecular flexibility index (Phi) is 3.84. The van der Waals surface area contributed by atoms with Crippen LogP contribution in [0.2, 0.25) is 10.0 Å². The second-order valence-electron chi connectivity index (χ2n) is 3.63. The van der Waals surface area contributed by atoms with Gasteiger partial charge in [0.1, 0.15) is 0 Å². The number of benzene rings is 1. The molecule has 0 aliphatic carbocycles. The van der Waals surface area contributed by atoms with Crippen molar-refractivity contribution in [2.75, 3.05) is 0 Å². The van der Waals surface area contributed by atoms with Crippen LogP contribution in [-0.2, 0) is 0 Å². The molecular weight excluding hydrogens is 275 g/mol. The van der Waals surface area contributed by atoms with Crippen LogP contribution in [0.3, 0.4) is 0 Å². The number of hydrogen-bond donors (Lipinski definition) is 0. The summed E-state index contributed by atoms with van der Waals surface area (Å²) in [7, 11) is 0. The first-order valence-corrected chi connectivity index (χ1v) is 5.88. The van der Waals surface area contributed by atoms with Gasteiger partial charge in [0.05, 0.1) is 22.7 Å². The molecule has 0 fully saturated rings. The van der Waals surface area contributed by atoms with Gasteiger partial charge in [-0.2, -0.15) is 0 Å². The summed E-state index contributed by atoms with van der Waals surface area (Å²) in [6.07, 6.45) is 1.13. The lowest BCUT2D eigenvalue weighted by atomic mass is 10.1. The Hall–Kier alpha value is -1.58. The average molecular weight is 283 g/mol. The number of hydrogen-bond acceptors (Lipinski definition) is 3. The molecule has 3 nitrogen and oxygen atoms in total. The molecule has 0 aliphatic rings. The van der Waals surface area contributed by atoms with Crippen molar-refractivity contribution in [1.82, 2.24) is 0 Å². The van der Waals surface area contributed by atoms with Crippen LogP contribution in [0.25, 0.3) is 0 Å². The third kappa shape index (κ3) is 2.81. The largest absolute Gasteiger partial charge is 0.461 e. The minimum Gasteiger partial charge on any atom is -0.461 e. The molecule has 1 aromatic carbocycles. The van der Waals surface area contributed by atoms with Crippen LogP contribution < -0.4 is 0 Å². The lowest BCUT2D eigenvalue weighted by Gasteiger charge is -2.01. The molecule has 0 saturated heterocycles. The highest BCUT2D eigenvalue weighted by Crippen LogP contribution is 2.23. The maximum absolute atomic E-state index is 11.8. The molecule has 0 aliphatic heterocycles. The van der Waals surface area contributed by atoms with Gasteiger partial charge < -0.3 is 4.42 Å². The topological polar surface area (TPSA) is 47.3 Å². The second kappa shape index (κ2) is 5.38. The highest BCUT2D eigenvalue weighted by atomic mass is 35.5. The van der Waals surface area contributed by atoms with Crippen LogP contribution in [0, 0.1) is 0 Å². The fourth-order valence-corrected chi connectivity index (χ4v) is 1.74. The number of furan rings is 1. The normalized spacial score (nSPS) is 10.3. The number of rotatable bonds is 4. The number of Topliss-reactive ketones (excluding diaryl/α,β-unsaturated/α-hetero) is 2. The molecular formula is C13H8Cl2O3. The fraction of sp³-hybridized carbons (Fsp3) is 0.0769. The van der Waals surface area contributed by atoms with E-state index < -0.39 is 0 Å². The van der Waals surface area contributed by atoms with Gasteiger partial charge in [0.2, 0.25) is 5.78 Å². The predicted octanol–water partition coefficient (Wildman–Crippen LogP) is 4.04. The molecule has 0 atom stereocenters. The molecule has 18 heavy (non-hydrogen) atoms. The summed E-state index contributed by atoms with van der Waals surface area (Å²) >= 11 is 11.6. The van der Waals surface area contributed by atoms with Crippen LogP contribution in [0.4, 0.5) is 0 Å². The summed E-state index contributed by atoms with van der Waals surface area (Å²) in [5.41, 5.74) is 0.351. The van der Waals surface area contributed by atoms with Crippen LogP contribution in [-0.4, -0.2) is 11.6 Å². The summed E-state index contributed by atoms with van der Waals surface area (Å²) < 4.78 is 4.93. The van der Waals surface area contributed by atoms with E-state index >= 15 is 0 Å². The van der Waals surface area contributed by atoms with E-state index in [1.807, 2.05) is 0 Å². The molecule has 2 rings (SSSR count). The van der Waals surface area contributed by atoms with Gasteiger partial charge in [-0.25, -0.2) is 0 Å². The van der Waals surface area contributed by atoms with Gasteiger partial charge in [0.25, 0.3) is 0 Å². The van der Waals surface area contributed by atoms with Gasteiger partial charge in [0.15, 0.2) is 11.5 Å². The van der Waals surface area contributed by atoms with Crippen LogP contribution in [0.5, 0.6) is 0 Å². The minimum atomic E-state index is -0.365. The Labute approximate surface area is 113 Å². The van der Waals surface area contributed by atoms with E-state index in [9.17, 15) is 9.59 Å². The van der Waals surface area contributed by atoms with Crippen molar-refractivity contribution in [1.29, 1.82) is 0 Å². The van der Waals surface area contributed by atoms with Crippen molar-refractivity contribution >= 4 is 34.8 Å². The molecule has 92 valence electrons. The summed E-state index contributed by atoms with van der Waals surface area (Å²) in [4.78, 5) is 23.5. The van der Waals surface area contributed by atoms with Crippen molar-refractivity contribution in [2.24, 2.45) is 0 Å². The van der Waals surface area contributed by atoms with Crippen molar-refractivity contribution in [3.05, 3.63) is 58.0 Å². The zero-order chi connectivity index (χ0) is 13.1. The molecule has 0 bridgehead atoms. The summed E-state index contributed by atoms with van der Waals surface area (Å²) in [5.74, 6) is -0.519. The lowest BCUT2D eigenvalue weighted by molar-refractivity contribution is 0.0878. The first-order valence-electron chi connectivity index (χ1n) is 5.13. The zero-order valence-electron chi connectivity index (χ0n) is 9.15. The number of carbonyl (C=O) groups excluding carboxylic acids is 2. The molecule has 0 unspecified atom stereocenters. The first-order chi connectivity index (χ1) is 8.58. The summed E-state index contributed by atoms with van der Waals surface area (Å²) in [6, 6.07) is 7.61. The monoisotopic (exact) mass is 282 g/mol. The fourth-order valence-electron chi connectivity index (χ4n) is 1.44. The van der Waals surface area contributed by atoms with Gasteiger partial charge in [0, 0.05) is 5.56 Å². The zero-order valence-corrected chi connectivity index (χ0v) is 10.7. The van der Waals surface area contributed by atoms with E-state index in [-0.39, 0.29) is 28.8 Å². The van der Waals surface area contributed by atoms with Crippen molar-refractivity contribution < 1.29 is 14.0 Å². The van der Waals surface area contributed by atoms with Crippen molar-refractivity contribution in [3.8, 4) is 0 Å². The Balaban J connectivity index is 2.12. The third-order valence-corrected chi connectivity index (χ3v) is 3.10. The Bertz CT molecular complexity index is 588. The van der Waals surface area contributed by atoms with E-state index in [4.69, 9.17) is 27.6 Å². The van der Waals surface area contributed by atoms with Crippen LogP contribution >= 0.6 is 23.2 Å². The molecule has 0 spiro atoms. The molecule has 1 heterocycles. The molecule has 0 saturated carbocycles. The standard InChI is InChI=1S/C13H8Cl2O3/c14-9-4-3-8(6-10(9)15)11(16)7-12(17)13-2-1-5-18-13/h1-6H,7H2. The number of halogens is 2. The van der Waals surface area contributed by atoms with Gasteiger partial charge in [-0.1, -0.05) is 23.2 Å².